The van der Waals surface area contributed by atoms with Gasteiger partial charge in [-0.1, -0.05) is 0 Å². The Balaban J connectivity index is 2.71. The smallest absolute Gasteiger partial charge is 0.288 e. The number of nitrogens with two attached hydrogens (primary N) is 1. The van der Waals surface area contributed by atoms with E-state index in [0.29, 0.717) is 26.1 Å². The summed E-state index contributed by atoms with van der Waals surface area (Å²) in [6.07, 6.45) is 0.922. The highest BCUT2D eigenvalue weighted by Crippen LogP contribution is 2.38. The van der Waals surface area contributed by atoms with Gasteiger partial charge in [0.15, 0.2) is 0 Å². The largest absolute Gasteiger partial charge is 0.384 e. The topological polar surface area (TPSA) is 55.5 Å². The third-order valence-corrected chi connectivity index (χ3v) is 3.01. The summed E-state index contributed by atoms with van der Waals surface area (Å²) in [6.45, 7) is 1.20. The maximum absolute atomic E-state index is 13.3. The number of hydrogen-bond donors (Lipinski definition) is 2. The lowest BCUT2D eigenvalue weighted by molar-refractivity contribution is -0.203. The van der Waals surface area contributed by atoms with Gasteiger partial charge >= 0.3 is 0 Å². The first-order chi connectivity index (χ1) is 6.42. The van der Waals surface area contributed by atoms with Crippen molar-refractivity contribution < 1.29 is 18.6 Å². The lowest BCUT2D eigenvalue weighted by Crippen LogP contribution is -2.56. The number of ether oxygens (including phenoxy) is 1. The summed E-state index contributed by atoms with van der Waals surface area (Å²) in [5, 5.41) is 9.78. The summed E-state index contributed by atoms with van der Waals surface area (Å²) in [6, 6.07) is 0. The van der Waals surface area contributed by atoms with Crippen molar-refractivity contribution in [1.29, 1.82) is 0 Å². The lowest BCUT2D eigenvalue weighted by Gasteiger charge is -2.40. The minimum atomic E-state index is -3.23. The van der Waals surface area contributed by atoms with E-state index < -0.39 is 24.0 Å². The van der Waals surface area contributed by atoms with Crippen LogP contribution in [0.3, 0.4) is 0 Å². The molecule has 84 valence electrons. The quantitative estimate of drug-likeness (QED) is 0.721. The second-order valence-electron chi connectivity index (χ2n) is 3.94. The van der Waals surface area contributed by atoms with E-state index in [1.54, 1.807) is 0 Å². The van der Waals surface area contributed by atoms with Crippen LogP contribution in [0.4, 0.5) is 8.78 Å². The Hall–Kier alpha value is -0.260. The van der Waals surface area contributed by atoms with Gasteiger partial charge in [-0.15, -0.1) is 0 Å². The van der Waals surface area contributed by atoms with Gasteiger partial charge in [0, 0.05) is 13.2 Å². The molecule has 1 aliphatic heterocycles. The van der Waals surface area contributed by atoms with Crippen molar-refractivity contribution in [2.24, 2.45) is 11.7 Å². The van der Waals surface area contributed by atoms with Crippen molar-refractivity contribution in [3.05, 3.63) is 0 Å². The standard InChI is InChI=1S/C9H17F2NO2/c1-8(13,9(10,11)6-12)7-2-4-14-5-3-7/h7,13H,2-6,12H2,1H3. The van der Waals surface area contributed by atoms with Crippen molar-refractivity contribution in [2.45, 2.75) is 31.3 Å². The third kappa shape index (κ3) is 2.04. The molecule has 1 atom stereocenters. The average Bonchev–Trinajstić information content (AvgIpc) is 2.19. The van der Waals surface area contributed by atoms with Gasteiger partial charge in [-0.25, -0.2) is 8.78 Å². The highest BCUT2D eigenvalue weighted by atomic mass is 19.3. The van der Waals surface area contributed by atoms with Crippen LogP contribution in [-0.4, -0.2) is 36.4 Å². The molecule has 14 heavy (non-hydrogen) atoms. The van der Waals surface area contributed by atoms with E-state index in [-0.39, 0.29) is 0 Å². The van der Waals surface area contributed by atoms with Crippen LogP contribution in [0.5, 0.6) is 0 Å². The van der Waals surface area contributed by atoms with E-state index in [9.17, 15) is 13.9 Å². The molecule has 0 aromatic carbocycles. The van der Waals surface area contributed by atoms with E-state index in [1.165, 1.54) is 0 Å². The zero-order valence-electron chi connectivity index (χ0n) is 8.30. The van der Waals surface area contributed by atoms with E-state index in [1.807, 2.05) is 0 Å². The molecule has 0 saturated carbocycles. The summed E-state index contributed by atoms with van der Waals surface area (Å²) in [4.78, 5) is 0. The van der Waals surface area contributed by atoms with Gasteiger partial charge in [0.25, 0.3) is 5.92 Å². The Morgan fingerprint density at radius 3 is 2.36 bits per heavy atom. The molecule has 0 aromatic rings. The van der Waals surface area contributed by atoms with Gasteiger partial charge in [0.05, 0.1) is 6.54 Å². The maximum atomic E-state index is 13.3. The van der Waals surface area contributed by atoms with Crippen LogP contribution in [0.1, 0.15) is 19.8 Å². The zero-order chi connectivity index (χ0) is 10.8. The van der Waals surface area contributed by atoms with Crippen LogP contribution < -0.4 is 5.73 Å². The highest BCUT2D eigenvalue weighted by Gasteiger charge is 2.52. The average molecular weight is 209 g/mol. The number of hydrogen-bond acceptors (Lipinski definition) is 3. The Kier molecular flexibility index (Phi) is 3.44. The molecule has 1 fully saturated rings. The van der Waals surface area contributed by atoms with Crippen molar-refractivity contribution in [1.82, 2.24) is 0 Å². The van der Waals surface area contributed by atoms with Crippen LogP contribution in [-0.2, 0) is 4.74 Å². The molecule has 3 nitrogen and oxygen atoms in total. The Labute approximate surface area is 82.2 Å². The first-order valence-corrected chi connectivity index (χ1v) is 4.80. The molecule has 0 amide bonds. The number of aliphatic hydroxyl groups is 1. The van der Waals surface area contributed by atoms with Crippen molar-refractivity contribution >= 4 is 0 Å². The molecule has 3 N–H and O–H groups in total. The van der Waals surface area contributed by atoms with Crippen LogP contribution in [0.25, 0.3) is 0 Å². The molecular formula is C9H17F2NO2. The predicted molar refractivity (Wildman–Crippen MR) is 48.2 cm³/mol. The molecule has 1 rings (SSSR count). The molecule has 0 aliphatic carbocycles. The highest BCUT2D eigenvalue weighted by molar-refractivity contribution is 4.96. The monoisotopic (exact) mass is 209 g/mol. The van der Waals surface area contributed by atoms with Crippen LogP contribution in [0.2, 0.25) is 0 Å². The third-order valence-electron chi connectivity index (χ3n) is 3.01. The summed E-state index contributed by atoms with van der Waals surface area (Å²) in [5.74, 6) is -3.66. The predicted octanol–water partition coefficient (Wildman–Crippen LogP) is 0.758. The number of rotatable bonds is 3. The fourth-order valence-electron chi connectivity index (χ4n) is 1.76. The fraction of sp³-hybridized carbons (Fsp3) is 1.00. The van der Waals surface area contributed by atoms with Gasteiger partial charge < -0.3 is 15.6 Å². The fourth-order valence-corrected chi connectivity index (χ4v) is 1.76. The SMILES string of the molecule is CC(O)(C1CCOCC1)C(F)(F)CN. The summed E-state index contributed by atoms with van der Waals surface area (Å²) >= 11 is 0. The molecular weight excluding hydrogens is 192 g/mol. The van der Waals surface area contributed by atoms with Gasteiger partial charge in [-0.05, 0) is 25.7 Å². The molecule has 1 aliphatic rings. The first kappa shape index (κ1) is 11.8. The van der Waals surface area contributed by atoms with Crippen LogP contribution in [0.15, 0.2) is 0 Å². The summed E-state index contributed by atoms with van der Waals surface area (Å²) < 4.78 is 31.7. The molecule has 0 radical (unpaired) electrons. The van der Waals surface area contributed by atoms with E-state index in [0.717, 1.165) is 6.92 Å². The molecule has 1 unspecified atom stereocenters. The van der Waals surface area contributed by atoms with Crippen molar-refractivity contribution in [2.75, 3.05) is 19.8 Å². The molecule has 1 heterocycles. The minimum Gasteiger partial charge on any atom is -0.384 e. The van der Waals surface area contributed by atoms with E-state index in [2.05, 4.69) is 0 Å². The van der Waals surface area contributed by atoms with E-state index in [4.69, 9.17) is 10.5 Å². The van der Waals surface area contributed by atoms with Gasteiger partial charge in [-0.2, -0.15) is 0 Å². The Morgan fingerprint density at radius 1 is 1.43 bits per heavy atom. The van der Waals surface area contributed by atoms with Crippen molar-refractivity contribution in [3.8, 4) is 0 Å². The summed E-state index contributed by atoms with van der Waals surface area (Å²) in [5.41, 5.74) is 2.94. The molecule has 0 bridgehead atoms. The first-order valence-electron chi connectivity index (χ1n) is 4.80. The molecule has 0 aromatic heterocycles. The number of halogens is 2. The second-order valence-corrected chi connectivity index (χ2v) is 3.94. The van der Waals surface area contributed by atoms with Gasteiger partial charge in [0.2, 0.25) is 0 Å². The molecule has 0 spiro atoms. The normalized spacial score (nSPS) is 24.6. The van der Waals surface area contributed by atoms with Crippen molar-refractivity contribution in [3.63, 3.8) is 0 Å². The zero-order valence-corrected chi connectivity index (χ0v) is 8.30. The summed E-state index contributed by atoms with van der Waals surface area (Å²) in [7, 11) is 0. The lowest BCUT2D eigenvalue weighted by atomic mass is 9.79. The van der Waals surface area contributed by atoms with Gasteiger partial charge in [0.1, 0.15) is 5.60 Å². The molecule has 1 saturated heterocycles. The number of alkyl halides is 2. The van der Waals surface area contributed by atoms with Gasteiger partial charge in [-0.3, -0.25) is 0 Å². The van der Waals surface area contributed by atoms with E-state index >= 15 is 0 Å². The van der Waals surface area contributed by atoms with Crippen LogP contribution in [0, 0.1) is 5.92 Å². The second kappa shape index (κ2) is 4.08. The Bertz CT molecular complexity index is 191. The molecule has 5 heteroatoms. The Morgan fingerprint density at radius 2 is 1.93 bits per heavy atom. The minimum absolute atomic E-state index is 0.432. The van der Waals surface area contributed by atoms with Crippen LogP contribution >= 0.6 is 0 Å². The maximum Gasteiger partial charge on any atom is 0.288 e.